The van der Waals surface area contributed by atoms with Gasteiger partial charge in [0.2, 0.25) is 0 Å². The van der Waals surface area contributed by atoms with E-state index in [0.717, 1.165) is 3.57 Å². The number of carbonyl (C=O) groups excluding carboxylic acids is 1. The van der Waals surface area contributed by atoms with E-state index in [4.69, 9.17) is 4.74 Å². The maximum atomic E-state index is 12.6. The fraction of sp³-hybridized carbons (Fsp3) is 0.125. The fourth-order valence-electron chi connectivity index (χ4n) is 1.92. The molecule has 0 aliphatic rings. The Labute approximate surface area is 145 Å². The molecule has 0 aliphatic heterocycles. The zero-order chi connectivity index (χ0) is 15.4. The smallest absolute Gasteiger partial charge is 0.185 e. The maximum absolute atomic E-state index is 12.6. The number of ketones is 1. The van der Waals surface area contributed by atoms with Gasteiger partial charge in [-0.1, -0.05) is 28.1 Å². The molecule has 2 aromatic rings. The van der Waals surface area contributed by atoms with Crippen LogP contribution in [0, 0.1) is 14.9 Å². The molecular formula is C16H11BrINO2. The van der Waals surface area contributed by atoms with Crippen molar-refractivity contribution in [3.8, 4) is 11.8 Å². The number of halogens is 2. The number of hydrogen-bond acceptors (Lipinski definition) is 3. The van der Waals surface area contributed by atoms with E-state index in [0.29, 0.717) is 21.3 Å². The first-order valence-electron chi connectivity index (χ1n) is 6.09. The standard InChI is InChI=1S/C16H11BrINO2/c1-21-12-5-2-10(3-6-12)14(9-19)16(20)13-8-11(18)4-7-15(13)17/h2-8,14H,1H3. The summed E-state index contributed by atoms with van der Waals surface area (Å²) in [6, 6.07) is 14.6. The fourth-order valence-corrected chi connectivity index (χ4v) is 2.86. The minimum Gasteiger partial charge on any atom is -0.497 e. The van der Waals surface area contributed by atoms with Crippen molar-refractivity contribution in [2.45, 2.75) is 5.92 Å². The average molecular weight is 456 g/mol. The Kier molecular flexibility index (Phi) is 5.37. The van der Waals surface area contributed by atoms with Gasteiger partial charge in [0, 0.05) is 13.6 Å². The molecule has 0 saturated carbocycles. The van der Waals surface area contributed by atoms with Gasteiger partial charge in [-0.15, -0.1) is 0 Å². The van der Waals surface area contributed by atoms with Gasteiger partial charge in [-0.25, -0.2) is 0 Å². The molecule has 106 valence electrons. The minimum absolute atomic E-state index is 0.215. The Bertz CT molecular complexity index is 707. The number of hydrogen-bond donors (Lipinski definition) is 0. The van der Waals surface area contributed by atoms with Crippen LogP contribution in [0.25, 0.3) is 0 Å². The highest BCUT2D eigenvalue weighted by molar-refractivity contribution is 14.1. The van der Waals surface area contributed by atoms with Crippen molar-refractivity contribution in [2.75, 3.05) is 7.11 Å². The number of carbonyl (C=O) groups is 1. The van der Waals surface area contributed by atoms with E-state index < -0.39 is 5.92 Å². The number of benzene rings is 2. The third-order valence-electron chi connectivity index (χ3n) is 3.03. The summed E-state index contributed by atoms with van der Waals surface area (Å²) in [6.45, 7) is 0. The van der Waals surface area contributed by atoms with Gasteiger partial charge in [0.1, 0.15) is 11.7 Å². The largest absolute Gasteiger partial charge is 0.497 e. The summed E-state index contributed by atoms with van der Waals surface area (Å²) >= 11 is 5.51. The third kappa shape index (κ3) is 3.63. The number of Topliss-reactive ketones (excluding diaryl/α,β-unsaturated/α-hetero) is 1. The first-order valence-corrected chi connectivity index (χ1v) is 7.97. The number of nitrogens with zero attached hydrogens (tertiary/aromatic N) is 1. The normalized spacial score (nSPS) is 11.5. The highest BCUT2D eigenvalue weighted by Gasteiger charge is 2.23. The van der Waals surface area contributed by atoms with Crippen molar-refractivity contribution >= 4 is 44.3 Å². The van der Waals surface area contributed by atoms with E-state index in [9.17, 15) is 10.1 Å². The molecule has 0 bridgehead atoms. The molecule has 0 spiro atoms. The molecule has 0 N–H and O–H groups in total. The van der Waals surface area contributed by atoms with Crippen molar-refractivity contribution in [3.05, 3.63) is 61.6 Å². The lowest BCUT2D eigenvalue weighted by Crippen LogP contribution is -2.12. The molecule has 0 saturated heterocycles. The van der Waals surface area contributed by atoms with Crippen LogP contribution >= 0.6 is 38.5 Å². The molecule has 1 atom stereocenters. The number of rotatable bonds is 4. The second kappa shape index (κ2) is 7.05. The summed E-state index contributed by atoms with van der Waals surface area (Å²) in [6.07, 6.45) is 0. The molecule has 5 heteroatoms. The van der Waals surface area contributed by atoms with Crippen LogP contribution in [0.3, 0.4) is 0 Å². The Hall–Kier alpha value is -1.39. The molecule has 2 aromatic carbocycles. The second-order valence-electron chi connectivity index (χ2n) is 4.32. The van der Waals surface area contributed by atoms with Crippen molar-refractivity contribution in [3.63, 3.8) is 0 Å². The van der Waals surface area contributed by atoms with Gasteiger partial charge in [0.15, 0.2) is 5.78 Å². The summed E-state index contributed by atoms with van der Waals surface area (Å²) in [5, 5.41) is 9.38. The lowest BCUT2D eigenvalue weighted by molar-refractivity contribution is 0.0978. The van der Waals surface area contributed by atoms with E-state index in [1.807, 2.05) is 12.1 Å². The molecule has 0 heterocycles. The summed E-state index contributed by atoms with van der Waals surface area (Å²) in [5.74, 6) is -0.350. The lowest BCUT2D eigenvalue weighted by Gasteiger charge is -2.11. The van der Waals surface area contributed by atoms with Crippen molar-refractivity contribution in [2.24, 2.45) is 0 Å². The van der Waals surface area contributed by atoms with Gasteiger partial charge < -0.3 is 4.74 Å². The highest BCUT2D eigenvalue weighted by atomic mass is 127. The minimum atomic E-state index is -0.828. The number of ether oxygens (including phenoxy) is 1. The highest BCUT2D eigenvalue weighted by Crippen LogP contribution is 2.27. The van der Waals surface area contributed by atoms with E-state index in [1.165, 1.54) is 0 Å². The van der Waals surface area contributed by atoms with Crippen LogP contribution in [0.2, 0.25) is 0 Å². The average Bonchev–Trinajstić information content (AvgIpc) is 2.51. The Morgan fingerprint density at radius 3 is 2.52 bits per heavy atom. The van der Waals surface area contributed by atoms with Crippen LogP contribution in [0.5, 0.6) is 5.75 Å². The zero-order valence-electron chi connectivity index (χ0n) is 11.1. The van der Waals surface area contributed by atoms with E-state index in [-0.39, 0.29) is 5.78 Å². The Balaban J connectivity index is 2.38. The van der Waals surface area contributed by atoms with Crippen LogP contribution in [0.4, 0.5) is 0 Å². The second-order valence-corrected chi connectivity index (χ2v) is 6.42. The van der Waals surface area contributed by atoms with E-state index >= 15 is 0 Å². The molecule has 2 rings (SSSR count). The maximum Gasteiger partial charge on any atom is 0.185 e. The molecule has 21 heavy (non-hydrogen) atoms. The summed E-state index contributed by atoms with van der Waals surface area (Å²) < 4.78 is 6.73. The zero-order valence-corrected chi connectivity index (χ0v) is 14.9. The van der Waals surface area contributed by atoms with Gasteiger partial charge in [0.05, 0.1) is 13.2 Å². The molecule has 1 unspecified atom stereocenters. The number of nitriles is 1. The summed E-state index contributed by atoms with van der Waals surface area (Å²) in [4.78, 5) is 12.6. The summed E-state index contributed by atoms with van der Waals surface area (Å²) in [5.41, 5.74) is 1.18. The monoisotopic (exact) mass is 455 g/mol. The predicted octanol–water partition coefficient (Wildman–Crippen LogP) is 4.55. The molecule has 0 radical (unpaired) electrons. The van der Waals surface area contributed by atoms with Crippen molar-refractivity contribution in [1.82, 2.24) is 0 Å². The Morgan fingerprint density at radius 2 is 1.95 bits per heavy atom. The van der Waals surface area contributed by atoms with Crippen LogP contribution < -0.4 is 4.74 Å². The lowest BCUT2D eigenvalue weighted by atomic mass is 9.92. The quantitative estimate of drug-likeness (QED) is 0.501. The van der Waals surface area contributed by atoms with Crippen LogP contribution in [-0.2, 0) is 0 Å². The first-order chi connectivity index (χ1) is 10.1. The predicted molar refractivity (Wildman–Crippen MR) is 92.5 cm³/mol. The Morgan fingerprint density at radius 1 is 1.29 bits per heavy atom. The van der Waals surface area contributed by atoms with Gasteiger partial charge >= 0.3 is 0 Å². The topological polar surface area (TPSA) is 50.1 Å². The molecule has 0 aliphatic carbocycles. The molecule has 0 amide bonds. The van der Waals surface area contributed by atoms with Gasteiger partial charge in [-0.2, -0.15) is 5.26 Å². The number of methoxy groups -OCH3 is 1. The van der Waals surface area contributed by atoms with Crippen molar-refractivity contribution in [1.29, 1.82) is 5.26 Å². The van der Waals surface area contributed by atoms with Gasteiger partial charge in [-0.3, -0.25) is 4.79 Å². The van der Waals surface area contributed by atoms with E-state index in [2.05, 4.69) is 44.6 Å². The molecular weight excluding hydrogens is 445 g/mol. The van der Waals surface area contributed by atoms with Crippen molar-refractivity contribution < 1.29 is 9.53 Å². The molecule has 3 nitrogen and oxygen atoms in total. The van der Waals surface area contributed by atoms with Gasteiger partial charge in [-0.05, 0) is 58.5 Å². The van der Waals surface area contributed by atoms with Crippen LogP contribution in [-0.4, -0.2) is 12.9 Å². The third-order valence-corrected chi connectivity index (χ3v) is 4.40. The van der Waals surface area contributed by atoms with Crippen LogP contribution in [0.15, 0.2) is 46.9 Å². The molecule has 0 aromatic heterocycles. The summed E-state index contributed by atoms with van der Waals surface area (Å²) in [7, 11) is 1.57. The SMILES string of the molecule is COc1ccc(C(C#N)C(=O)c2cc(I)ccc2Br)cc1. The first kappa shape index (κ1) is 16.0. The van der Waals surface area contributed by atoms with E-state index in [1.54, 1.807) is 37.4 Å². The molecule has 0 fully saturated rings. The van der Waals surface area contributed by atoms with Gasteiger partial charge in [0.25, 0.3) is 0 Å². The van der Waals surface area contributed by atoms with Crippen LogP contribution in [0.1, 0.15) is 21.8 Å².